The molecule has 0 saturated carbocycles. The van der Waals surface area contributed by atoms with Crippen LogP contribution < -0.4 is 0 Å². The molecule has 0 radical (unpaired) electrons. The highest BCUT2D eigenvalue weighted by atomic mass is 32.2. The second-order valence-corrected chi connectivity index (χ2v) is 5.20. The highest BCUT2D eigenvalue weighted by Gasteiger charge is 2.10. The van der Waals surface area contributed by atoms with E-state index < -0.39 is 0 Å². The fraction of sp³-hybridized carbons (Fsp3) is 0.0667. The van der Waals surface area contributed by atoms with Gasteiger partial charge in [0.15, 0.2) is 11.9 Å². The van der Waals surface area contributed by atoms with Gasteiger partial charge in [0.1, 0.15) is 5.52 Å². The molecule has 19 heavy (non-hydrogen) atoms. The zero-order valence-corrected chi connectivity index (χ0v) is 11.1. The van der Waals surface area contributed by atoms with Crippen LogP contribution in [0.15, 0.2) is 57.0 Å². The number of oxazole rings is 1. The molecule has 3 nitrogen and oxygen atoms in total. The lowest BCUT2D eigenvalue weighted by molar-refractivity contribution is 0.112. The molecule has 0 fully saturated rings. The second-order valence-electron chi connectivity index (χ2n) is 4.21. The van der Waals surface area contributed by atoms with E-state index in [0.29, 0.717) is 10.8 Å². The number of carbonyl (C=O) groups is 1. The smallest absolute Gasteiger partial charge is 0.261 e. The van der Waals surface area contributed by atoms with Gasteiger partial charge in [0.05, 0.1) is 0 Å². The minimum atomic E-state index is 0.549. The third-order valence-corrected chi connectivity index (χ3v) is 3.70. The first kappa shape index (κ1) is 12.0. The summed E-state index contributed by atoms with van der Waals surface area (Å²) in [6.45, 7) is 1.96. The fourth-order valence-corrected chi connectivity index (χ4v) is 2.67. The number of nitrogens with zero attached hydrogens (tertiary/aromatic N) is 1. The summed E-state index contributed by atoms with van der Waals surface area (Å²) >= 11 is 1.36. The number of para-hydroxylation sites is 2. The topological polar surface area (TPSA) is 43.1 Å². The van der Waals surface area contributed by atoms with Crippen LogP contribution in [0.1, 0.15) is 15.9 Å². The molecule has 0 aliphatic heterocycles. The predicted octanol–water partition coefficient (Wildman–Crippen LogP) is 4.10. The van der Waals surface area contributed by atoms with Crippen LogP contribution in [0.5, 0.6) is 0 Å². The molecule has 2 aromatic carbocycles. The molecule has 0 amide bonds. The van der Waals surface area contributed by atoms with Crippen molar-refractivity contribution in [3.8, 4) is 0 Å². The van der Waals surface area contributed by atoms with Gasteiger partial charge in [-0.25, -0.2) is 4.98 Å². The monoisotopic (exact) mass is 269 g/mol. The maximum atomic E-state index is 11.1. The summed E-state index contributed by atoms with van der Waals surface area (Å²) in [5, 5.41) is 0.549. The van der Waals surface area contributed by atoms with Crippen LogP contribution in [0.25, 0.3) is 11.1 Å². The molecule has 1 heterocycles. The van der Waals surface area contributed by atoms with Gasteiger partial charge in [-0.2, -0.15) is 0 Å². The lowest BCUT2D eigenvalue weighted by atomic mass is 10.2. The third kappa shape index (κ3) is 2.39. The highest BCUT2D eigenvalue weighted by molar-refractivity contribution is 7.99. The number of rotatable bonds is 3. The van der Waals surface area contributed by atoms with Crippen LogP contribution in [0.2, 0.25) is 0 Å². The molecule has 0 saturated heterocycles. The maximum Gasteiger partial charge on any atom is 0.261 e. The van der Waals surface area contributed by atoms with E-state index in [2.05, 4.69) is 4.98 Å². The molecule has 0 aliphatic rings. The van der Waals surface area contributed by atoms with Gasteiger partial charge < -0.3 is 4.42 Å². The SMILES string of the molecule is Cc1ccc(Sc2nc3ccccc3o2)c(C=O)c1. The van der Waals surface area contributed by atoms with Gasteiger partial charge in [0.2, 0.25) is 0 Å². The van der Waals surface area contributed by atoms with Crippen molar-refractivity contribution < 1.29 is 9.21 Å². The van der Waals surface area contributed by atoms with Crippen LogP contribution in [-0.2, 0) is 0 Å². The van der Waals surface area contributed by atoms with Crippen molar-refractivity contribution in [2.24, 2.45) is 0 Å². The first-order chi connectivity index (χ1) is 9.26. The summed E-state index contributed by atoms with van der Waals surface area (Å²) in [6.07, 6.45) is 0.859. The Balaban J connectivity index is 1.98. The van der Waals surface area contributed by atoms with E-state index in [4.69, 9.17) is 4.42 Å². The Hall–Kier alpha value is -2.07. The molecule has 4 heteroatoms. The van der Waals surface area contributed by atoms with Gasteiger partial charge >= 0.3 is 0 Å². The Labute approximate surface area is 114 Å². The van der Waals surface area contributed by atoms with Crippen LogP contribution in [-0.4, -0.2) is 11.3 Å². The quantitative estimate of drug-likeness (QED) is 0.671. The number of hydrogen-bond donors (Lipinski definition) is 0. The average molecular weight is 269 g/mol. The van der Waals surface area contributed by atoms with E-state index in [1.54, 1.807) is 0 Å². The van der Waals surface area contributed by atoms with Crippen LogP contribution in [0.3, 0.4) is 0 Å². The molecule has 0 aliphatic carbocycles. The van der Waals surface area contributed by atoms with Gasteiger partial charge in [-0.3, -0.25) is 4.79 Å². The minimum absolute atomic E-state index is 0.549. The molecule has 94 valence electrons. The molecule has 0 spiro atoms. The number of aryl methyl sites for hydroxylation is 1. The van der Waals surface area contributed by atoms with Crippen molar-refractivity contribution in [2.45, 2.75) is 17.0 Å². The molecule has 1 aromatic heterocycles. The molecular formula is C15H11NO2S. The van der Waals surface area contributed by atoms with Gasteiger partial charge in [-0.1, -0.05) is 23.8 Å². The Kier molecular flexibility index (Phi) is 3.09. The molecule has 3 rings (SSSR count). The number of benzene rings is 2. The first-order valence-electron chi connectivity index (χ1n) is 5.85. The largest absolute Gasteiger partial charge is 0.431 e. The molecular weight excluding hydrogens is 258 g/mol. The maximum absolute atomic E-state index is 11.1. The second kappa shape index (κ2) is 4.90. The summed E-state index contributed by atoms with van der Waals surface area (Å²) < 4.78 is 5.64. The lowest BCUT2D eigenvalue weighted by Gasteiger charge is -2.02. The van der Waals surface area contributed by atoms with E-state index >= 15 is 0 Å². The lowest BCUT2D eigenvalue weighted by Crippen LogP contribution is -1.86. The number of aromatic nitrogens is 1. The van der Waals surface area contributed by atoms with Crippen LogP contribution in [0, 0.1) is 6.92 Å². The molecule has 0 bridgehead atoms. The zero-order chi connectivity index (χ0) is 13.2. The van der Waals surface area contributed by atoms with E-state index in [-0.39, 0.29) is 0 Å². The number of carbonyl (C=O) groups excluding carboxylic acids is 1. The van der Waals surface area contributed by atoms with Crippen molar-refractivity contribution in [1.82, 2.24) is 4.98 Å². The number of aldehydes is 1. The van der Waals surface area contributed by atoms with Gasteiger partial charge in [0, 0.05) is 10.5 Å². The Morgan fingerprint density at radius 1 is 1.21 bits per heavy atom. The van der Waals surface area contributed by atoms with E-state index in [0.717, 1.165) is 27.8 Å². The fourth-order valence-electron chi connectivity index (χ4n) is 1.84. The normalized spacial score (nSPS) is 10.8. The van der Waals surface area contributed by atoms with Crippen LogP contribution in [0.4, 0.5) is 0 Å². The summed E-state index contributed by atoms with van der Waals surface area (Å²) in [7, 11) is 0. The third-order valence-electron chi connectivity index (χ3n) is 2.76. The summed E-state index contributed by atoms with van der Waals surface area (Å²) in [6, 6.07) is 13.3. The van der Waals surface area contributed by atoms with Crippen LogP contribution >= 0.6 is 11.8 Å². The Morgan fingerprint density at radius 2 is 2.05 bits per heavy atom. The Bertz CT molecular complexity index is 716. The zero-order valence-electron chi connectivity index (χ0n) is 10.3. The summed E-state index contributed by atoms with van der Waals surface area (Å²) in [4.78, 5) is 16.3. The average Bonchev–Trinajstić information content (AvgIpc) is 2.83. The van der Waals surface area contributed by atoms with Gasteiger partial charge in [-0.05, 0) is 43.0 Å². The standard InChI is InChI=1S/C15H11NO2S/c1-10-6-7-14(11(8-10)9-17)19-15-16-12-4-2-3-5-13(12)18-15/h2-9H,1H3. The predicted molar refractivity (Wildman–Crippen MR) is 74.7 cm³/mol. The Morgan fingerprint density at radius 3 is 2.84 bits per heavy atom. The summed E-state index contributed by atoms with van der Waals surface area (Å²) in [5.74, 6) is 0. The number of fused-ring (bicyclic) bond motifs is 1. The van der Waals surface area contributed by atoms with Crippen molar-refractivity contribution in [3.05, 3.63) is 53.6 Å². The van der Waals surface area contributed by atoms with Gasteiger partial charge in [0.25, 0.3) is 5.22 Å². The first-order valence-corrected chi connectivity index (χ1v) is 6.67. The van der Waals surface area contributed by atoms with Crippen molar-refractivity contribution in [3.63, 3.8) is 0 Å². The van der Waals surface area contributed by atoms with E-state index in [1.165, 1.54) is 11.8 Å². The summed E-state index contributed by atoms with van der Waals surface area (Å²) in [5.41, 5.74) is 3.30. The number of hydrogen-bond acceptors (Lipinski definition) is 4. The molecule has 0 unspecified atom stereocenters. The molecule has 0 N–H and O–H groups in total. The molecule has 0 atom stereocenters. The van der Waals surface area contributed by atoms with Crippen molar-refractivity contribution in [1.29, 1.82) is 0 Å². The van der Waals surface area contributed by atoms with Crippen molar-refractivity contribution in [2.75, 3.05) is 0 Å². The van der Waals surface area contributed by atoms with E-state index in [9.17, 15) is 4.79 Å². The van der Waals surface area contributed by atoms with E-state index in [1.807, 2.05) is 49.4 Å². The van der Waals surface area contributed by atoms with Crippen molar-refractivity contribution >= 4 is 29.1 Å². The highest BCUT2D eigenvalue weighted by Crippen LogP contribution is 2.31. The van der Waals surface area contributed by atoms with Gasteiger partial charge in [-0.15, -0.1) is 0 Å². The minimum Gasteiger partial charge on any atom is -0.431 e. The molecule has 3 aromatic rings.